The molecular weight excluding hydrogens is 238 g/mol. The van der Waals surface area contributed by atoms with Crippen molar-refractivity contribution in [2.45, 2.75) is 12.8 Å². The largest absolute Gasteiger partial charge is 0.494 e. The molecule has 0 fully saturated rings. The van der Waals surface area contributed by atoms with E-state index in [1.807, 2.05) is 7.05 Å². The highest BCUT2D eigenvalue weighted by atomic mass is 19.1. The van der Waals surface area contributed by atoms with E-state index in [4.69, 9.17) is 4.74 Å². The van der Waals surface area contributed by atoms with Crippen LogP contribution in [0.15, 0.2) is 12.1 Å². The SMILES string of the molecule is CNCCCNCCc1cc(F)c(OC)cc1F. The summed E-state index contributed by atoms with van der Waals surface area (Å²) in [7, 11) is 3.22. The first kappa shape index (κ1) is 14.9. The highest BCUT2D eigenvalue weighted by Crippen LogP contribution is 2.21. The fourth-order valence-electron chi connectivity index (χ4n) is 1.66. The van der Waals surface area contributed by atoms with Gasteiger partial charge in [0.05, 0.1) is 7.11 Å². The summed E-state index contributed by atoms with van der Waals surface area (Å²) < 4.78 is 31.7. The standard InChI is InChI=1S/C13H20F2N2O/c1-16-5-3-6-17-7-4-10-8-12(15)13(18-2)9-11(10)14/h8-9,16-17H,3-7H2,1-2H3. The molecule has 1 aromatic carbocycles. The average molecular weight is 258 g/mol. The lowest BCUT2D eigenvalue weighted by molar-refractivity contribution is 0.381. The minimum absolute atomic E-state index is 0.0572. The quantitative estimate of drug-likeness (QED) is 0.697. The van der Waals surface area contributed by atoms with Gasteiger partial charge in [-0.25, -0.2) is 8.78 Å². The Labute approximate surface area is 107 Å². The van der Waals surface area contributed by atoms with Crippen LogP contribution in [0.3, 0.4) is 0 Å². The van der Waals surface area contributed by atoms with Gasteiger partial charge < -0.3 is 15.4 Å². The molecule has 1 rings (SSSR count). The van der Waals surface area contributed by atoms with E-state index in [1.54, 1.807) is 0 Å². The first-order chi connectivity index (χ1) is 8.69. The molecule has 0 unspecified atom stereocenters. The van der Waals surface area contributed by atoms with Gasteiger partial charge in [-0.15, -0.1) is 0 Å². The molecule has 0 heterocycles. The van der Waals surface area contributed by atoms with Crippen LogP contribution in [0.25, 0.3) is 0 Å². The Morgan fingerprint density at radius 1 is 1.11 bits per heavy atom. The van der Waals surface area contributed by atoms with E-state index in [1.165, 1.54) is 13.2 Å². The molecule has 0 bridgehead atoms. The molecule has 0 spiro atoms. The van der Waals surface area contributed by atoms with Gasteiger partial charge in [0.15, 0.2) is 11.6 Å². The summed E-state index contributed by atoms with van der Waals surface area (Å²) in [6.07, 6.45) is 1.47. The van der Waals surface area contributed by atoms with Gasteiger partial charge in [0.1, 0.15) is 5.82 Å². The maximum Gasteiger partial charge on any atom is 0.165 e. The molecule has 18 heavy (non-hydrogen) atoms. The second kappa shape index (κ2) is 8.00. The van der Waals surface area contributed by atoms with E-state index in [0.717, 1.165) is 25.6 Å². The molecule has 2 N–H and O–H groups in total. The van der Waals surface area contributed by atoms with Gasteiger partial charge in [0.2, 0.25) is 0 Å². The van der Waals surface area contributed by atoms with Crippen molar-refractivity contribution in [2.75, 3.05) is 33.8 Å². The second-order valence-electron chi connectivity index (χ2n) is 4.04. The van der Waals surface area contributed by atoms with Crippen molar-refractivity contribution in [3.8, 4) is 5.75 Å². The molecule has 3 nitrogen and oxygen atoms in total. The number of hydrogen-bond acceptors (Lipinski definition) is 3. The second-order valence-corrected chi connectivity index (χ2v) is 4.04. The maximum absolute atomic E-state index is 13.6. The molecule has 0 saturated carbocycles. The summed E-state index contributed by atoms with van der Waals surface area (Å²) >= 11 is 0. The van der Waals surface area contributed by atoms with Crippen LogP contribution in [0.1, 0.15) is 12.0 Å². The van der Waals surface area contributed by atoms with E-state index >= 15 is 0 Å². The molecule has 1 aromatic rings. The van der Waals surface area contributed by atoms with Crippen LogP contribution in [0.5, 0.6) is 5.75 Å². The lowest BCUT2D eigenvalue weighted by Gasteiger charge is -2.08. The van der Waals surface area contributed by atoms with Crippen molar-refractivity contribution < 1.29 is 13.5 Å². The number of rotatable bonds is 8. The lowest BCUT2D eigenvalue weighted by Crippen LogP contribution is -2.22. The lowest BCUT2D eigenvalue weighted by atomic mass is 10.1. The van der Waals surface area contributed by atoms with Gasteiger partial charge >= 0.3 is 0 Å². The van der Waals surface area contributed by atoms with Crippen LogP contribution in [-0.4, -0.2) is 33.8 Å². The fraction of sp³-hybridized carbons (Fsp3) is 0.538. The molecule has 0 aromatic heterocycles. The summed E-state index contributed by atoms with van der Waals surface area (Å²) in [5.41, 5.74) is 0.370. The van der Waals surface area contributed by atoms with Gasteiger partial charge in [0.25, 0.3) is 0 Å². The Morgan fingerprint density at radius 2 is 1.89 bits per heavy atom. The van der Waals surface area contributed by atoms with Crippen molar-refractivity contribution >= 4 is 0 Å². The van der Waals surface area contributed by atoms with E-state index in [-0.39, 0.29) is 5.75 Å². The van der Waals surface area contributed by atoms with Crippen molar-refractivity contribution in [1.82, 2.24) is 10.6 Å². The molecule has 0 aliphatic rings. The molecule has 0 aliphatic carbocycles. The highest BCUT2D eigenvalue weighted by molar-refractivity contribution is 5.31. The van der Waals surface area contributed by atoms with Crippen molar-refractivity contribution in [3.63, 3.8) is 0 Å². The summed E-state index contributed by atoms with van der Waals surface area (Å²) in [6.45, 7) is 2.44. The minimum Gasteiger partial charge on any atom is -0.494 e. The maximum atomic E-state index is 13.6. The van der Waals surface area contributed by atoms with Crippen LogP contribution in [-0.2, 0) is 6.42 Å². The Bertz CT molecular complexity index is 372. The van der Waals surface area contributed by atoms with Gasteiger partial charge in [-0.3, -0.25) is 0 Å². The first-order valence-electron chi connectivity index (χ1n) is 6.06. The van der Waals surface area contributed by atoms with Crippen LogP contribution in [0.2, 0.25) is 0 Å². The molecule has 5 heteroatoms. The van der Waals surface area contributed by atoms with Gasteiger partial charge in [-0.1, -0.05) is 0 Å². The molecule has 0 radical (unpaired) electrons. The summed E-state index contributed by atoms with van der Waals surface area (Å²) in [5.74, 6) is -1.01. The van der Waals surface area contributed by atoms with E-state index in [0.29, 0.717) is 18.5 Å². The molecule has 0 saturated heterocycles. The third kappa shape index (κ3) is 4.58. The zero-order valence-corrected chi connectivity index (χ0v) is 10.9. The molecule has 0 amide bonds. The zero-order valence-electron chi connectivity index (χ0n) is 10.9. The Kier molecular flexibility index (Phi) is 6.60. The Balaban J connectivity index is 2.40. The van der Waals surface area contributed by atoms with Crippen LogP contribution in [0, 0.1) is 11.6 Å². The number of nitrogens with one attached hydrogen (secondary N) is 2. The summed E-state index contributed by atoms with van der Waals surface area (Å²) in [5, 5.41) is 6.23. The predicted molar refractivity (Wildman–Crippen MR) is 68.0 cm³/mol. The Hall–Kier alpha value is -1.20. The molecule has 0 atom stereocenters. The van der Waals surface area contributed by atoms with Gasteiger partial charge in [0, 0.05) is 6.07 Å². The van der Waals surface area contributed by atoms with E-state index < -0.39 is 11.6 Å². The monoisotopic (exact) mass is 258 g/mol. The third-order valence-corrected chi connectivity index (χ3v) is 2.67. The number of ether oxygens (including phenoxy) is 1. The average Bonchev–Trinajstić information content (AvgIpc) is 2.37. The molecular formula is C13H20F2N2O. The topological polar surface area (TPSA) is 33.3 Å². The number of halogens is 2. The normalized spacial score (nSPS) is 10.7. The predicted octanol–water partition coefficient (Wildman–Crippen LogP) is 1.72. The van der Waals surface area contributed by atoms with Crippen molar-refractivity contribution in [1.29, 1.82) is 0 Å². The summed E-state index contributed by atoms with van der Waals surface area (Å²) in [6, 6.07) is 2.29. The van der Waals surface area contributed by atoms with E-state index in [9.17, 15) is 8.78 Å². The van der Waals surface area contributed by atoms with Crippen LogP contribution < -0.4 is 15.4 Å². The van der Waals surface area contributed by atoms with Crippen LogP contribution in [0.4, 0.5) is 8.78 Å². The summed E-state index contributed by atoms with van der Waals surface area (Å²) in [4.78, 5) is 0. The van der Waals surface area contributed by atoms with E-state index in [2.05, 4.69) is 10.6 Å². The Morgan fingerprint density at radius 3 is 2.56 bits per heavy atom. The van der Waals surface area contributed by atoms with Gasteiger partial charge in [-0.05, 0) is 51.2 Å². The number of hydrogen-bond donors (Lipinski definition) is 2. The van der Waals surface area contributed by atoms with Crippen molar-refractivity contribution in [2.24, 2.45) is 0 Å². The van der Waals surface area contributed by atoms with Crippen molar-refractivity contribution in [3.05, 3.63) is 29.3 Å². The van der Waals surface area contributed by atoms with Gasteiger partial charge in [-0.2, -0.15) is 0 Å². The molecule has 0 aliphatic heterocycles. The third-order valence-electron chi connectivity index (χ3n) is 2.67. The smallest absolute Gasteiger partial charge is 0.165 e. The van der Waals surface area contributed by atoms with Crippen LogP contribution >= 0.6 is 0 Å². The fourth-order valence-corrected chi connectivity index (χ4v) is 1.66. The first-order valence-corrected chi connectivity index (χ1v) is 6.06. The highest BCUT2D eigenvalue weighted by Gasteiger charge is 2.09. The number of methoxy groups -OCH3 is 1. The molecule has 102 valence electrons. The zero-order chi connectivity index (χ0) is 13.4. The minimum atomic E-state index is -0.524. The number of benzene rings is 1.